The molecule has 2 saturated heterocycles. The molecule has 2 aromatic heterocycles. The summed E-state index contributed by atoms with van der Waals surface area (Å²) in [7, 11) is 0. The van der Waals surface area contributed by atoms with E-state index < -0.39 is 36.6 Å². The molecule has 0 aromatic carbocycles. The molecule has 2 aromatic rings. The van der Waals surface area contributed by atoms with Gasteiger partial charge in [-0.3, -0.25) is 4.57 Å². The summed E-state index contributed by atoms with van der Waals surface area (Å²) in [5.74, 6) is -0.437. The van der Waals surface area contributed by atoms with Crippen molar-refractivity contribution in [3.63, 3.8) is 0 Å². The molecule has 4 rings (SSSR count). The first-order chi connectivity index (χ1) is 12.5. The molecule has 10 nitrogen and oxygen atoms in total. The van der Waals surface area contributed by atoms with Crippen LogP contribution in [-0.4, -0.2) is 76.1 Å². The van der Waals surface area contributed by atoms with Crippen LogP contribution in [0.1, 0.15) is 19.1 Å². The molecule has 0 saturated carbocycles. The van der Waals surface area contributed by atoms with E-state index in [2.05, 4.69) is 37.5 Å². The van der Waals surface area contributed by atoms with Gasteiger partial charge in [-0.15, -0.1) is 0 Å². The van der Waals surface area contributed by atoms with E-state index in [1.165, 1.54) is 12.7 Å². The molecule has 0 amide bonds. The molecule has 11 heteroatoms. The zero-order valence-electron chi connectivity index (χ0n) is 13.6. The van der Waals surface area contributed by atoms with E-state index in [1.54, 1.807) is 9.47 Å². The van der Waals surface area contributed by atoms with Crippen LogP contribution in [0.5, 0.6) is 0 Å². The van der Waals surface area contributed by atoms with Crippen molar-refractivity contribution in [2.75, 3.05) is 15.9 Å². The van der Waals surface area contributed by atoms with Crippen molar-refractivity contribution >= 4 is 45.5 Å². The lowest BCUT2D eigenvalue weighted by Gasteiger charge is -2.22. The Hall–Kier alpha value is -1.57. The smallest absolute Gasteiger partial charge is 0.326 e. The fraction of sp³-hybridized carbons (Fsp3) is 0.600. The van der Waals surface area contributed by atoms with Gasteiger partial charge in [0.15, 0.2) is 23.2 Å². The summed E-state index contributed by atoms with van der Waals surface area (Å²) in [5, 5.41) is 29.9. The molecule has 2 aliphatic rings. The van der Waals surface area contributed by atoms with Crippen LogP contribution in [0.15, 0.2) is 12.7 Å². The number of carbonyl (C=O) groups is 1. The Labute approximate surface area is 162 Å². The van der Waals surface area contributed by atoms with Gasteiger partial charge in [-0.25, -0.2) is 19.7 Å². The second-order valence-corrected chi connectivity index (χ2v) is 7.29. The minimum absolute atomic E-state index is 0.427. The van der Waals surface area contributed by atoms with Crippen LogP contribution in [0.4, 0.5) is 5.82 Å². The van der Waals surface area contributed by atoms with E-state index >= 15 is 0 Å². The van der Waals surface area contributed by atoms with Gasteiger partial charge in [0, 0.05) is 11.0 Å². The molecular weight excluding hydrogens is 457 g/mol. The van der Waals surface area contributed by atoms with Gasteiger partial charge in [0.25, 0.3) is 0 Å². The molecule has 1 unspecified atom stereocenters. The molecule has 2 fully saturated rings. The highest BCUT2D eigenvalue weighted by atomic mass is 127. The van der Waals surface area contributed by atoms with Gasteiger partial charge in [-0.1, -0.05) is 22.6 Å². The van der Waals surface area contributed by atoms with Crippen LogP contribution in [0.3, 0.4) is 0 Å². The Morgan fingerprint density at radius 1 is 1.31 bits per heavy atom. The van der Waals surface area contributed by atoms with Crippen LogP contribution >= 0.6 is 22.6 Å². The Kier molecular flexibility index (Phi) is 4.71. The Morgan fingerprint density at radius 3 is 2.81 bits per heavy atom. The van der Waals surface area contributed by atoms with E-state index in [1.807, 2.05) is 0 Å². The number of halogens is 1. The van der Waals surface area contributed by atoms with Gasteiger partial charge in [-0.05, 0) is 12.8 Å². The van der Waals surface area contributed by atoms with Crippen molar-refractivity contribution in [1.82, 2.24) is 19.5 Å². The van der Waals surface area contributed by atoms with Crippen LogP contribution in [-0.2, 0) is 9.53 Å². The highest BCUT2D eigenvalue weighted by molar-refractivity contribution is 14.1. The zero-order valence-corrected chi connectivity index (χ0v) is 15.8. The third-order valence-electron chi connectivity index (χ3n) is 4.91. The first-order valence-electron chi connectivity index (χ1n) is 8.27. The summed E-state index contributed by atoms with van der Waals surface area (Å²) in [6, 6.07) is -0.642. The SMILES string of the molecule is O=C(O)[C@@H]1CCCN1c1ncnc2c1ncn2[C@@H]1O[C@H](CI)C(O)[C@@H]1O. The molecule has 4 heterocycles. The highest BCUT2D eigenvalue weighted by Crippen LogP contribution is 2.34. The Bertz CT molecular complexity index is 832. The summed E-state index contributed by atoms with van der Waals surface area (Å²) in [5.41, 5.74) is 0.875. The molecule has 140 valence electrons. The normalized spacial score (nSPS) is 31.8. The summed E-state index contributed by atoms with van der Waals surface area (Å²) >= 11 is 2.09. The van der Waals surface area contributed by atoms with Gasteiger partial charge in [0.2, 0.25) is 0 Å². The number of alkyl halides is 1. The van der Waals surface area contributed by atoms with Crippen molar-refractivity contribution < 1.29 is 24.9 Å². The monoisotopic (exact) mass is 475 g/mol. The number of aromatic nitrogens is 4. The molecule has 0 spiro atoms. The fourth-order valence-corrected chi connectivity index (χ4v) is 4.33. The van der Waals surface area contributed by atoms with Gasteiger partial charge in [0.1, 0.15) is 24.6 Å². The Morgan fingerprint density at radius 2 is 2.12 bits per heavy atom. The molecule has 26 heavy (non-hydrogen) atoms. The zero-order chi connectivity index (χ0) is 18.4. The van der Waals surface area contributed by atoms with Crippen LogP contribution in [0.25, 0.3) is 11.2 Å². The lowest BCUT2D eigenvalue weighted by atomic mass is 10.1. The first kappa shape index (κ1) is 17.8. The summed E-state index contributed by atoms with van der Waals surface area (Å²) in [4.78, 5) is 26.0. The van der Waals surface area contributed by atoms with Gasteiger partial charge in [0.05, 0.1) is 12.4 Å². The second kappa shape index (κ2) is 6.87. The Balaban J connectivity index is 1.73. The third kappa shape index (κ3) is 2.73. The number of carboxylic acids is 1. The number of anilines is 1. The van der Waals surface area contributed by atoms with Gasteiger partial charge >= 0.3 is 5.97 Å². The van der Waals surface area contributed by atoms with Crippen molar-refractivity contribution in [3.8, 4) is 0 Å². The number of carboxylic acid groups (broad SMARTS) is 1. The molecule has 0 bridgehead atoms. The summed E-state index contributed by atoms with van der Waals surface area (Å²) in [6.45, 7) is 0.577. The number of aliphatic carboxylic acids is 1. The highest BCUT2D eigenvalue weighted by Gasteiger charge is 2.44. The number of aliphatic hydroxyl groups excluding tert-OH is 2. The number of rotatable bonds is 4. The number of hydrogen-bond acceptors (Lipinski definition) is 8. The first-order valence-corrected chi connectivity index (χ1v) is 9.80. The number of imidazole rings is 1. The fourth-order valence-electron chi connectivity index (χ4n) is 3.60. The molecular formula is C15H18IN5O5. The van der Waals surface area contributed by atoms with E-state index in [9.17, 15) is 20.1 Å². The van der Waals surface area contributed by atoms with Crippen LogP contribution in [0.2, 0.25) is 0 Å². The average molecular weight is 475 g/mol. The second-order valence-electron chi connectivity index (χ2n) is 6.41. The number of fused-ring (bicyclic) bond motifs is 1. The van der Waals surface area contributed by atoms with Gasteiger partial charge < -0.3 is 25.0 Å². The number of hydrogen-bond donors (Lipinski definition) is 3. The quantitative estimate of drug-likeness (QED) is 0.411. The van der Waals surface area contributed by atoms with Gasteiger partial charge in [-0.2, -0.15) is 0 Å². The van der Waals surface area contributed by atoms with Crippen molar-refractivity contribution in [2.24, 2.45) is 0 Å². The largest absolute Gasteiger partial charge is 0.480 e. The van der Waals surface area contributed by atoms with Crippen LogP contribution < -0.4 is 4.90 Å². The predicted octanol–water partition coefficient (Wildman–Crippen LogP) is -0.0661. The number of ether oxygens (including phenoxy) is 1. The summed E-state index contributed by atoms with van der Waals surface area (Å²) < 4.78 is 7.86. The maximum absolute atomic E-state index is 11.5. The third-order valence-corrected chi connectivity index (χ3v) is 5.78. The molecule has 3 N–H and O–H groups in total. The molecule has 0 radical (unpaired) electrons. The van der Waals surface area contributed by atoms with E-state index in [0.717, 1.165) is 6.42 Å². The van der Waals surface area contributed by atoms with Crippen molar-refractivity contribution in [3.05, 3.63) is 12.7 Å². The minimum Gasteiger partial charge on any atom is -0.480 e. The summed E-state index contributed by atoms with van der Waals surface area (Å²) in [6.07, 6.45) is 0.739. The molecule has 2 aliphatic heterocycles. The lowest BCUT2D eigenvalue weighted by Crippen LogP contribution is -2.36. The topological polar surface area (TPSA) is 134 Å². The van der Waals surface area contributed by atoms with E-state index in [4.69, 9.17) is 4.74 Å². The average Bonchev–Trinajstić information content (AvgIpc) is 3.33. The van der Waals surface area contributed by atoms with E-state index in [0.29, 0.717) is 34.4 Å². The maximum atomic E-state index is 11.5. The molecule has 0 aliphatic carbocycles. The predicted molar refractivity (Wildman–Crippen MR) is 98.1 cm³/mol. The van der Waals surface area contributed by atoms with Crippen LogP contribution in [0, 0.1) is 0 Å². The lowest BCUT2D eigenvalue weighted by molar-refractivity contribution is -0.138. The van der Waals surface area contributed by atoms with E-state index in [-0.39, 0.29) is 0 Å². The maximum Gasteiger partial charge on any atom is 0.326 e. The van der Waals surface area contributed by atoms with Crippen molar-refractivity contribution in [2.45, 2.75) is 43.4 Å². The standard InChI is InChI=1S/C15H18IN5O5/c16-4-8-10(22)11(23)14(26-8)21-6-19-9-12(17-5-18-13(9)21)20-3-1-2-7(20)15(24)25/h5-8,10-11,14,22-23H,1-4H2,(H,24,25)/t7-,8+,10?,11-,14+/m0/s1. The minimum atomic E-state index is -1.11. The molecule has 5 atom stereocenters. The number of nitrogens with zero attached hydrogens (tertiary/aromatic N) is 5. The van der Waals surface area contributed by atoms with Crippen molar-refractivity contribution in [1.29, 1.82) is 0 Å². The number of aliphatic hydroxyl groups is 2.